The van der Waals surface area contributed by atoms with Gasteiger partial charge in [0.15, 0.2) is 9.84 Å². The third-order valence-electron chi connectivity index (χ3n) is 5.71. The van der Waals surface area contributed by atoms with Crippen molar-refractivity contribution in [3.05, 3.63) is 60.0 Å². The summed E-state index contributed by atoms with van der Waals surface area (Å²) in [6.07, 6.45) is 4.32. The number of morpholine rings is 1. The highest BCUT2D eigenvalue weighted by Crippen LogP contribution is 2.33. The number of sulfone groups is 1. The fourth-order valence-corrected chi connectivity index (χ4v) is 4.56. The largest absolute Gasteiger partial charge is 0.473 e. The Morgan fingerprint density at radius 1 is 1.11 bits per heavy atom. The molecule has 0 saturated carbocycles. The van der Waals surface area contributed by atoms with E-state index in [9.17, 15) is 13.2 Å². The Balaban J connectivity index is 1.66. The van der Waals surface area contributed by atoms with Crippen LogP contribution >= 0.6 is 0 Å². The molecule has 0 atom stereocenters. The Morgan fingerprint density at radius 2 is 1.86 bits per heavy atom. The van der Waals surface area contributed by atoms with Crippen LogP contribution in [0.2, 0.25) is 0 Å². The SMILES string of the molecule is Cc1ncc(C(=O)Nc2cccc(S(C)(=O)=O)c2)cc1-c1cnc(OC(C)C)c(N2CCOCC2)c1. The van der Waals surface area contributed by atoms with Gasteiger partial charge in [0.1, 0.15) is 5.69 Å². The standard InChI is InChI=1S/C26H30N4O5S/c1-17(2)35-26-24(30-8-10-34-11-9-30)13-19(15-28-26)23-12-20(16-27-18(23)3)25(31)29-21-6-5-7-22(14-21)36(4,32)33/h5-7,12-17H,8-11H2,1-4H3,(H,29,31). The Bertz CT molecular complexity index is 1370. The molecule has 1 fully saturated rings. The first-order valence-corrected chi connectivity index (χ1v) is 13.6. The second-order valence-corrected chi connectivity index (χ2v) is 10.9. The van der Waals surface area contributed by atoms with E-state index in [2.05, 4.69) is 20.2 Å². The minimum Gasteiger partial charge on any atom is -0.473 e. The van der Waals surface area contributed by atoms with Gasteiger partial charge in [-0.1, -0.05) is 6.07 Å². The Labute approximate surface area is 211 Å². The quantitative estimate of drug-likeness (QED) is 0.512. The average molecular weight is 511 g/mol. The smallest absolute Gasteiger partial charge is 0.257 e. The van der Waals surface area contributed by atoms with Crippen molar-refractivity contribution in [3.8, 4) is 17.0 Å². The first-order valence-electron chi connectivity index (χ1n) is 11.7. The summed E-state index contributed by atoms with van der Waals surface area (Å²) in [6.45, 7) is 8.50. The molecule has 190 valence electrons. The van der Waals surface area contributed by atoms with Crippen LogP contribution in [0.5, 0.6) is 5.88 Å². The number of amides is 1. The van der Waals surface area contributed by atoms with E-state index in [4.69, 9.17) is 9.47 Å². The molecule has 0 bridgehead atoms. The fraction of sp³-hybridized carbons (Fsp3) is 0.346. The lowest BCUT2D eigenvalue weighted by molar-refractivity contribution is 0.102. The molecule has 2 aromatic heterocycles. The highest BCUT2D eigenvalue weighted by molar-refractivity contribution is 7.90. The number of nitrogens with one attached hydrogen (secondary N) is 1. The molecular formula is C26H30N4O5S. The molecule has 1 aliphatic heterocycles. The molecule has 9 nitrogen and oxygen atoms in total. The summed E-state index contributed by atoms with van der Waals surface area (Å²) in [5, 5.41) is 2.76. The minimum atomic E-state index is -3.39. The van der Waals surface area contributed by atoms with Crippen molar-refractivity contribution in [2.45, 2.75) is 31.8 Å². The third-order valence-corrected chi connectivity index (χ3v) is 6.82. The molecular weight excluding hydrogens is 480 g/mol. The molecule has 3 aromatic rings. The van der Waals surface area contributed by atoms with Crippen LogP contribution in [0.15, 0.2) is 53.7 Å². The molecule has 1 aromatic carbocycles. The van der Waals surface area contributed by atoms with Gasteiger partial charge in [-0.3, -0.25) is 9.78 Å². The van der Waals surface area contributed by atoms with Crippen LogP contribution in [0.3, 0.4) is 0 Å². The first kappa shape index (κ1) is 25.6. The van der Waals surface area contributed by atoms with Crippen molar-refractivity contribution in [1.82, 2.24) is 9.97 Å². The molecule has 1 amide bonds. The van der Waals surface area contributed by atoms with Gasteiger partial charge in [-0.15, -0.1) is 0 Å². The van der Waals surface area contributed by atoms with Crippen molar-refractivity contribution in [3.63, 3.8) is 0 Å². The number of pyridine rings is 2. The Hall–Kier alpha value is -3.50. The number of rotatable bonds is 7. The molecule has 1 saturated heterocycles. The predicted octanol–water partition coefficient (Wildman–Crippen LogP) is 3.73. The van der Waals surface area contributed by atoms with Crippen molar-refractivity contribution in [2.75, 3.05) is 42.8 Å². The minimum absolute atomic E-state index is 0.0280. The summed E-state index contributed by atoms with van der Waals surface area (Å²) < 4.78 is 35.2. The van der Waals surface area contributed by atoms with E-state index in [1.54, 1.807) is 24.4 Å². The van der Waals surface area contributed by atoms with Gasteiger partial charge in [-0.2, -0.15) is 0 Å². The van der Waals surface area contributed by atoms with Crippen molar-refractivity contribution >= 4 is 27.1 Å². The van der Waals surface area contributed by atoms with Gasteiger partial charge >= 0.3 is 0 Å². The molecule has 4 rings (SSSR count). The van der Waals surface area contributed by atoms with Crippen LogP contribution < -0.4 is 15.0 Å². The lowest BCUT2D eigenvalue weighted by Crippen LogP contribution is -2.36. The molecule has 0 spiro atoms. The van der Waals surface area contributed by atoms with Gasteiger partial charge < -0.3 is 19.7 Å². The number of hydrogen-bond acceptors (Lipinski definition) is 8. The highest BCUT2D eigenvalue weighted by Gasteiger charge is 2.20. The molecule has 1 aliphatic rings. The second-order valence-electron chi connectivity index (χ2n) is 8.93. The van der Waals surface area contributed by atoms with Crippen molar-refractivity contribution in [2.24, 2.45) is 0 Å². The highest BCUT2D eigenvalue weighted by atomic mass is 32.2. The van der Waals surface area contributed by atoms with E-state index in [0.29, 0.717) is 30.3 Å². The Morgan fingerprint density at radius 3 is 2.56 bits per heavy atom. The second kappa shape index (κ2) is 10.6. The fourth-order valence-electron chi connectivity index (χ4n) is 3.89. The lowest BCUT2D eigenvalue weighted by atomic mass is 10.0. The lowest BCUT2D eigenvalue weighted by Gasteiger charge is -2.30. The van der Waals surface area contributed by atoms with Crippen LogP contribution in [0.1, 0.15) is 29.9 Å². The first-order chi connectivity index (χ1) is 17.1. The zero-order valence-corrected chi connectivity index (χ0v) is 21.6. The average Bonchev–Trinajstić information content (AvgIpc) is 2.84. The van der Waals surface area contributed by atoms with E-state index in [1.807, 2.05) is 26.8 Å². The molecule has 1 N–H and O–H groups in total. The number of carbonyl (C=O) groups is 1. The van der Waals surface area contributed by atoms with Gasteiger partial charge in [-0.05, 0) is 51.1 Å². The summed E-state index contributed by atoms with van der Waals surface area (Å²) in [5.74, 6) is 0.163. The summed E-state index contributed by atoms with van der Waals surface area (Å²) in [6, 6.07) is 9.92. The van der Waals surface area contributed by atoms with Crippen LogP contribution in [0.4, 0.5) is 11.4 Å². The molecule has 0 unspecified atom stereocenters. The zero-order valence-electron chi connectivity index (χ0n) is 20.8. The number of hydrogen-bond donors (Lipinski definition) is 1. The van der Waals surface area contributed by atoms with Gasteiger partial charge in [0.25, 0.3) is 5.91 Å². The Kier molecular flexibility index (Phi) is 7.56. The van der Waals surface area contributed by atoms with Crippen LogP contribution in [-0.4, -0.2) is 63.0 Å². The third kappa shape index (κ3) is 6.00. The van der Waals surface area contributed by atoms with E-state index in [1.165, 1.54) is 18.3 Å². The van der Waals surface area contributed by atoms with Gasteiger partial charge in [0, 0.05) is 54.2 Å². The number of anilines is 2. The normalized spacial score (nSPS) is 14.1. The van der Waals surface area contributed by atoms with Crippen LogP contribution in [0, 0.1) is 6.92 Å². The number of nitrogens with zero attached hydrogens (tertiary/aromatic N) is 3. The number of ether oxygens (including phenoxy) is 2. The maximum atomic E-state index is 13.0. The topological polar surface area (TPSA) is 111 Å². The van der Waals surface area contributed by atoms with Gasteiger partial charge in [0.05, 0.1) is 29.8 Å². The van der Waals surface area contributed by atoms with Gasteiger partial charge in [-0.25, -0.2) is 13.4 Å². The summed E-state index contributed by atoms with van der Waals surface area (Å²) >= 11 is 0. The molecule has 36 heavy (non-hydrogen) atoms. The zero-order chi connectivity index (χ0) is 25.9. The number of aromatic nitrogens is 2. The summed E-state index contributed by atoms with van der Waals surface area (Å²) in [7, 11) is -3.39. The maximum absolute atomic E-state index is 13.0. The van der Waals surface area contributed by atoms with E-state index < -0.39 is 15.7 Å². The van der Waals surface area contributed by atoms with E-state index >= 15 is 0 Å². The number of benzene rings is 1. The van der Waals surface area contributed by atoms with Crippen LogP contribution in [-0.2, 0) is 14.6 Å². The van der Waals surface area contributed by atoms with E-state index in [0.717, 1.165) is 41.9 Å². The molecule has 3 heterocycles. The van der Waals surface area contributed by atoms with Gasteiger partial charge in [0.2, 0.25) is 5.88 Å². The summed E-state index contributed by atoms with van der Waals surface area (Å²) in [5.41, 5.74) is 3.93. The number of aryl methyl sites for hydroxylation is 1. The van der Waals surface area contributed by atoms with E-state index in [-0.39, 0.29) is 11.0 Å². The number of carbonyl (C=O) groups excluding carboxylic acids is 1. The monoisotopic (exact) mass is 510 g/mol. The van der Waals surface area contributed by atoms with Crippen LogP contribution in [0.25, 0.3) is 11.1 Å². The summed E-state index contributed by atoms with van der Waals surface area (Å²) in [4.78, 5) is 24.4. The molecule has 0 aliphatic carbocycles. The molecule has 0 radical (unpaired) electrons. The van der Waals surface area contributed by atoms with Crippen molar-refractivity contribution in [1.29, 1.82) is 0 Å². The van der Waals surface area contributed by atoms with Crippen molar-refractivity contribution < 1.29 is 22.7 Å². The molecule has 10 heteroatoms. The maximum Gasteiger partial charge on any atom is 0.257 e. The predicted molar refractivity (Wildman–Crippen MR) is 139 cm³/mol.